The topological polar surface area (TPSA) is 104 Å². The Morgan fingerprint density at radius 1 is 1.08 bits per heavy atom. The first-order valence-corrected chi connectivity index (χ1v) is 13.7. The van der Waals surface area contributed by atoms with Crippen molar-refractivity contribution in [3.05, 3.63) is 104 Å². The summed E-state index contributed by atoms with van der Waals surface area (Å²) in [5, 5.41) is 15.5. The van der Waals surface area contributed by atoms with Gasteiger partial charge in [-0.1, -0.05) is 18.2 Å². The highest BCUT2D eigenvalue weighted by Gasteiger charge is 2.22. The molecular formula is C29H21N3O5S2. The number of amides is 1. The average Bonchev–Trinajstić information content (AvgIpc) is 3.64. The molecule has 3 aromatic carbocycles. The fraction of sp³-hybridized carbons (Fsp3) is 0.103. The summed E-state index contributed by atoms with van der Waals surface area (Å²) in [7, 11) is 0. The third-order valence-electron chi connectivity index (χ3n) is 6.32. The van der Waals surface area contributed by atoms with Crippen LogP contribution >= 0.6 is 22.7 Å². The largest absolute Gasteiger partial charge is 0.454 e. The highest BCUT2D eigenvalue weighted by Crippen LogP contribution is 2.44. The number of nitrogens with zero attached hydrogens (tertiary/aromatic N) is 2. The lowest BCUT2D eigenvalue weighted by Gasteiger charge is -2.04. The summed E-state index contributed by atoms with van der Waals surface area (Å²) < 4.78 is 12.1. The van der Waals surface area contributed by atoms with Crippen molar-refractivity contribution < 1.29 is 19.2 Å². The van der Waals surface area contributed by atoms with E-state index in [0.29, 0.717) is 12.0 Å². The monoisotopic (exact) mass is 555 g/mol. The standard InChI is InChI=1S/C29H21N3O5S2/c1-17-25(15-19-8-12-22-23(14-19)37-16-36-22)39-29(27(17)28-30-21-4-2-3-5-24(21)38-28)31-26(33)13-9-18-6-10-20(11-7-18)32(34)35/h2-14H,15-16H2,1H3,(H,31,33)/b13-9+. The van der Waals surface area contributed by atoms with Crippen molar-refractivity contribution in [1.29, 1.82) is 0 Å². The number of benzene rings is 3. The Morgan fingerprint density at radius 3 is 2.67 bits per heavy atom. The van der Waals surface area contributed by atoms with E-state index in [1.165, 1.54) is 29.5 Å². The fourth-order valence-electron chi connectivity index (χ4n) is 4.32. The van der Waals surface area contributed by atoms with E-state index in [1.807, 2.05) is 42.5 Å². The maximum Gasteiger partial charge on any atom is 0.269 e. The number of hydrogen-bond acceptors (Lipinski definition) is 8. The van der Waals surface area contributed by atoms with Crippen LogP contribution in [-0.2, 0) is 11.2 Å². The van der Waals surface area contributed by atoms with Gasteiger partial charge in [-0.25, -0.2) is 4.98 Å². The maximum atomic E-state index is 13.0. The van der Waals surface area contributed by atoms with Gasteiger partial charge >= 0.3 is 0 Å². The first kappa shape index (κ1) is 24.8. The Kier molecular flexibility index (Phi) is 6.55. The normalized spacial score (nSPS) is 12.3. The van der Waals surface area contributed by atoms with Crippen LogP contribution in [0.4, 0.5) is 10.7 Å². The molecule has 3 heterocycles. The Balaban J connectivity index is 1.31. The third kappa shape index (κ3) is 5.12. The molecule has 10 heteroatoms. The zero-order valence-electron chi connectivity index (χ0n) is 20.7. The van der Waals surface area contributed by atoms with Crippen LogP contribution in [0.3, 0.4) is 0 Å². The van der Waals surface area contributed by atoms with Gasteiger partial charge in [0, 0.05) is 35.1 Å². The van der Waals surface area contributed by atoms with Crippen molar-refractivity contribution in [2.24, 2.45) is 0 Å². The number of thiophene rings is 1. The van der Waals surface area contributed by atoms with E-state index in [-0.39, 0.29) is 18.4 Å². The van der Waals surface area contributed by atoms with Crippen molar-refractivity contribution in [2.75, 3.05) is 12.1 Å². The minimum atomic E-state index is -0.454. The zero-order chi connectivity index (χ0) is 26.9. The van der Waals surface area contributed by atoms with Crippen LogP contribution < -0.4 is 14.8 Å². The van der Waals surface area contributed by atoms with Crippen molar-refractivity contribution in [3.63, 3.8) is 0 Å². The van der Waals surface area contributed by atoms with Crippen LogP contribution in [0, 0.1) is 17.0 Å². The number of anilines is 1. The van der Waals surface area contributed by atoms with E-state index in [9.17, 15) is 14.9 Å². The lowest BCUT2D eigenvalue weighted by atomic mass is 10.1. The molecule has 0 saturated heterocycles. The first-order chi connectivity index (χ1) is 18.9. The second kappa shape index (κ2) is 10.3. The van der Waals surface area contributed by atoms with Gasteiger partial charge in [-0.3, -0.25) is 14.9 Å². The number of nitrogens with one attached hydrogen (secondary N) is 1. The summed E-state index contributed by atoms with van der Waals surface area (Å²) in [5.41, 5.74) is 4.65. The van der Waals surface area contributed by atoms with E-state index in [1.54, 1.807) is 29.5 Å². The molecule has 0 aliphatic carbocycles. The molecule has 8 nitrogen and oxygen atoms in total. The molecule has 0 bridgehead atoms. The molecule has 1 aliphatic rings. The van der Waals surface area contributed by atoms with E-state index in [4.69, 9.17) is 14.5 Å². The van der Waals surface area contributed by atoms with Gasteiger partial charge in [-0.05, 0) is 66.1 Å². The Hall–Kier alpha value is -4.54. The summed E-state index contributed by atoms with van der Waals surface area (Å²) in [6.45, 7) is 2.28. The van der Waals surface area contributed by atoms with Crippen LogP contribution in [0.25, 0.3) is 26.9 Å². The van der Waals surface area contributed by atoms with E-state index < -0.39 is 4.92 Å². The highest BCUT2D eigenvalue weighted by molar-refractivity contribution is 7.23. The van der Waals surface area contributed by atoms with Gasteiger partial charge in [0.05, 0.1) is 15.1 Å². The molecule has 1 amide bonds. The highest BCUT2D eigenvalue weighted by atomic mass is 32.1. The predicted molar refractivity (Wildman–Crippen MR) is 154 cm³/mol. The molecule has 0 unspecified atom stereocenters. The van der Waals surface area contributed by atoms with Gasteiger partial charge in [0.15, 0.2) is 11.5 Å². The number of para-hydroxylation sites is 1. The van der Waals surface area contributed by atoms with Crippen LogP contribution in [0.15, 0.2) is 72.8 Å². The number of aromatic nitrogens is 1. The van der Waals surface area contributed by atoms with Gasteiger partial charge < -0.3 is 14.8 Å². The molecule has 0 atom stereocenters. The molecule has 5 aromatic rings. The molecule has 6 rings (SSSR count). The average molecular weight is 556 g/mol. The number of non-ortho nitro benzene ring substituents is 1. The Morgan fingerprint density at radius 2 is 1.87 bits per heavy atom. The smallest absolute Gasteiger partial charge is 0.269 e. The Bertz CT molecular complexity index is 1720. The molecule has 0 radical (unpaired) electrons. The predicted octanol–water partition coefficient (Wildman–Crippen LogP) is 7.21. The second-order valence-corrected chi connectivity index (χ2v) is 11.0. The number of fused-ring (bicyclic) bond motifs is 2. The maximum absolute atomic E-state index is 13.0. The number of rotatable bonds is 7. The number of ether oxygens (including phenoxy) is 2. The van der Waals surface area contributed by atoms with Crippen molar-refractivity contribution in [1.82, 2.24) is 4.98 Å². The quantitative estimate of drug-likeness (QED) is 0.129. The number of hydrogen-bond donors (Lipinski definition) is 1. The number of nitro groups is 1. The SMILES string of the molecule is Cc1c(Cc2ccc3c(c2)OCO3)sc(NC(=O)/C=C/c2ccc([N+](=O)[O-])cc2)c1-c1nc2ccccc2s1. The molecular weight excluding hydrogens is 534 g/mol. The second-order valence-electron chi connectivity index (χ2n) is 8.88. The van der Waals surface area contributed by atoms with E-state index >= 15 is 0 Å². The molecule has 0 saturated carbocycles. The van der Waals surface area contributed by atoms with Gasteiger partial charge in [0.1, 0.15) is 10.0 Å². The molecule has 194 valence electrons. The Labute approximate surface area is 231 Å². The van der Waals surface area contributed by atoms with Gasteiger partial charge in [0.25, 0.3) is 5.69 Å². The minimum Gasteiger partial charge on any atom is -0.454 e. The van der Waals surface area contributed by atoms with E-state index in [2.05, 4.69) is 12.2 Å². The molecule has 0 fully saturated rings. The van der Waals surface area contributed by atoms with Crippen LogP contribution in [0.1, 0.15) is 21.6 Å². The summed E-state index contributed by atoms with van der Waals surface area (Å²) in [4.78, 5) is 29.4. The van der Waals surface area contributed by atoms with Crippen LogP contribution in [-0.4, -0.2) is 22.6 Å². The molecule has 1 aliphatic heterocycles. The van der Waals surface area contributed by atoms with Crippen LogP contribution in [0.2, 0.25) is 0 Å². The van der Waals surface area contributed by atoms with E-state index in [0.717, 1.165) is 53.3 Å². The summed E-state index contributed by atoms with van der Waals surface area (Å²) in [5.74, 6) is 1.18. The zero-order valence-corrected chi connectivity index (χ0v) is 22.3. The van der Waals surface area contributed by atoms with Crippen molar-refractivity contribution in [2.45, 2.75) is 13.3 Å². The third-order valence-corrected chi connectivity index (χ3v) is 8.58. The molecule has 0 spiro atoms. The number of thiazole rings is 1. The van der Waals surface area contributed by atoms with Gasteiger partial charge in [-0.15, -0.1) is 22.7 Å². The summed E-state index contributed by atoms with van der Waals surface area (Å²) >= 11 is 3.12. The lowest BCUT2D eigenvalue weighted by molar-refractivity contribution is -0.384. The number of carbonyl (C=O) groups excluding carboxylic acids is 1. The lowest BCUT2D eigenvalue weighted by Crippen LogP contribution is -2.07. The first-order valence-electron chi connectivity index (χ1n) is 12.0. The van der Waals surface area contributed by atoms with Crippen LogP contribution in [0.5, 0.6) is 11.5 Å². The minimum absolute atomic E-state index is 0.00104. The molecule has 1 N–H and O–H groups in total. The number of nitro benzene ring substituents is 1. The van der Waals surface area contributed by atoms with Gasteiger partial charge in [-0.2, -0.15) is 0 Å². The van der Waals surface area contributed by atoms with Crippen molar-refractivity contribution in [3.8, 4) is 22.1 Å². The summed E-state index contributed by atoms with van der Waals surface area (Å²) in [6.07, 6.45) is 3.72. The van der Waals surface area contributed by atoms with Crippen molar-refractivity contribution >= 4 is 55.6 Å². The fourth-order valence-corrected chi connectivity index (χ4v) is 6.71. The number of carbonyl (C=O) groups is 1. The van der Waals surface area contributed by atoms with Gasteiger partial charge in [0.2, 0.25) is 12.7 Å². The summed E-state index contributed by atoms with van der Waals surface area (Å²) in [6, 6.07) is 19.9. The molecule has 2 aromatic heterocycles. The molecule has 39 heavy (non-hydrogen) atoms.